The third-order valence-corrected chi connectivity index (χ3v) is 7.38. The highest BCUT2D eigenvalue weighted by Gasteiger charge is 2.43. The van der Waals surface area contributed by atoms with E-state index in [1.165, 1.54) is 11.3 Å². The first-order chi connectivity index (χ1) is 7.89. The number of sulfonamides is 1. The van der Waals surface area contributed by atoms with Crippen molar-refractivity contribution in [3.63, 3.8) is 0 Å². The maximum absolute atomic E-state index is 12.2. The van der Waals surface area contributed by atoms with Gasteiger partial charge in [-0.1, -0.05) is 0 Å². The number of hydrogen-bond acceptors (Lipinski definition) is 4. The quantitative estimate of drug-likeness (QED) is 0.829. The summed E-state index contributed by atoms with van der Waals surface area (Å²) in [4.78, 5) is 0. The molecule has 4 nitrogen and oxygen atoms in total. The molecule has 0 spiro atoms. The number of hydrogen-bond donors (Lipinski definition) is 2. The lowest BCUT2D eigenvalue weighted by Gasteiger charge is -2.28. The average Bonchev–Trinajstić information content (AvgIpc) is 3.01. The number of halogens is 2. The summed E-state index contributed by atoms with van der Waals surface area (Å²) < 4.78 is 28.1. The van der Waals surface area contributed by atoms with Crippen molar-refractivity contribution in [1.82, 2.24) is 4.72 Å². The van der Waals surface area contributed by atoms with Gasteiger partial charge >= 0.3 is 0 Å². The van der Waals surface area contributed by atoms with Crippen molar-refractivity contribution >= 4 is 49.7 Å². The largest absolute Gasteiger partial charge is 0.329 e. The van der Waals surface area contributed by atoms with Crippen LogP contribution in [0.4, 0.5) is 0 Å². The Hall–Kier alpha value is 0.340. The maximum atomic E-state index is 12.2. The van der Waals surface area contributed by atoms with Crippen LogP contribution in [0.5, 0.6) is 0 Å². The van der Waals surface area contributed by atoms with Gasteiger partial charge in [0.15, 0.2) is 0 Å². The van der Waals surface area contributed by atoms with Crippen LogP contribution in [-0.4, -0.2) is 20.5 Å². The summed E-state index contributed by atoms with van der Waals surface area (Å²) in [6.45, 7) is 2.20. The third-order valence-electron chi connectivity index (χ3n) is 3.10. The molecule has 1 aliphatic carbocycles. The molecule has 1 saturated carbocycles. The van der Waals surface area contributed by atoms with E-state index in [-0.39, 0.29) is 12.4 Å². The number of nitrogens with two attached hydrogens (primary N) is 1. The summed E-state index contributed by atoms with van der Waals surface area (Å²) in [5, 5.41) is 1.75. The zero-order chi connectivity index (χ0) is 12.7. The molecule has 1 aromatic heterocycles. The van der Waals surface area contributed by atoms with Gasteiger partial charge in [-0.25, -0.2) is 13.1 Å². The summed E-state index contributed by atoms with van der Waals surface area (Å²) in [5.41, 5.74) is 5.19. The summed E-state index contributed by atoms with van der Waals surface area (Å²) in [6, 6.07) is 1.73. The van der Waals surface area contributed by atoms with Gasteiger partial charge in [0.25, 0.3) is 10.0 Å². The molecule has 1 unspecified atom stereocenters. The Morgan fingerprint density at radius 3 is 2.61 bits per heavy atom. The van der Waals surface area contributed by atoms with E-state index in [0.717, 1.165) is 12.8 Å². The summed E-state index contributed by atoms with van der Waals surface area (Å²) >= 11 is 4.45. The van der Waals surface area contributed by atoms with Crippen molar-refractivity contribution in [2.45, 2.75) is 29.5 Å². The molecule has 104 valence electrons. The maximum Gasteiger partial charge on any atom is 0.251 e. The van der Waals surface area contributed by atoms with Gasteiger partial charge in [-0.15, -0.1) is 23.7 Å². The van der Waals surface area contributed by atoms with Gasteiger partial charge in [0, 0.05) is 16.6 Å². The Morgan fingerprint density at radius 2 is 2.22 bits per heavy atom. The van der Waals surface area contributed by atoms with Crippen molar-refractivity contribution in [3.05, 3.63) is 15.9 Å². The van der Waals surface area contributed by atoms with Gasteiger partial charge in [-0.3, -0.25) is 0 Å². The van der Waals surface area contributed by atoms with E-state index < -0.39 is 15.6 Å². The van der Waals surface area contributed by atoms with Crippen LogP contribution in [0.3, 0.4) is 0 Å². The van der Waals surface area contributed by atoms with Gasteiger partial charge in [-0.05, 0) is 53.1 Å². The molecule has 0 saturated heterocycles. The Balaban J connectivity index is 0.00000162. The second-order valence-electron chi connectivity index (χ2n) is 4.56. The lowest BCUT2D eigenvalue weighted by molar-refractivity contribution is 0.374. The molecule has 0 amide bonds. The second kappa shape index (κ2) is 5.76. The predicted molar refractivity (Wildman–Crippen MR) is 79.8 cm³/mol. The minimum Gasteiger partial charge on any atom is -0.329 e. The van der Waals surface area contributed by atoms with E-state index >= 15 is 0 Å². The van der Waals surface area contributed by atoms with Crippen molar-refractivity contribution < 1.29 is 8.42 Å². The fraction of sp³-hybridized carbons (Fsp3) is 0.600. The first kappa shape index (κ1) is 16.4. The lowest BCUT2D eigenvalue weighted by Crippen LogP contribution is -2.52. The summed E-state index contributed by atoms with van der Waals surface area (Å²) in [7, 11) is -3.48. The molecule has 0 aliphatic heterocycles. The number of nitrogens with one attached hydrogen (secondary N) is 1. The summed E-state index contributed by atoms with van der Waals surface area (Å²) in [6.07, 6.45) is 2.09. The molecule has 0 bridgehead atoms. The smallest absolute Gasteiger partial charge is 0.251 e. The molecule has 18 heavy (non-hydrogen) atoms. The Kier molecular flexibility index (Phi) is 5.25. The number of rotatable bonds is 5. The van der Waals surface area contributed by atoms with Gasteiger partial charge in [0.1, 0.15) is 4.21 Å². The highest BCUT2D eigenvalue weighted by Crippen LogP contribution is 2.40. The molecule has 0 radical (unpaired) electrons. The van der Waals surface area contributed by atoms with Crippen LogP contribution in [-0.2, 0) is 10.0 Å². The molecule has 1 aromatic rings. The van der Waals surface area contributed by atoms with Crippen molar-refractivity contribution in [1.29, 1.82) is 0 Å². The topological polar surface area (TPSA) is 72.2 Å². The van der Waals surface area contributed by atoms with Gasteiger partial charge in [-0.2, -0.15) is 0 Å². The normalized spacial score (nSPS) is 19.1. The summed E-state index contributed by atoms with van der Waals surface area (Å²) in [5.74, 6) is 0.362. The Labute approximate surface area is 126 Å². The van der Waals surface area contributed by atoms with Crippen LogP contribution in [0.15, 0.2) is 20.1 Å². The molecule has 1 atom stereocenters. The second-order valence-corrected chi connectivity index (χ2v) is 8.21. The zero-order valence-electron chi connectivity index (χ0n) is 9.85. The van der Waals surface area contributed by atoms with Crippen LogP contribution in [0, 0.1) is 5.92 Å². The monoisotopic (exact) mass is 374 g/mol. The van der Waals surface area contributed by atoms with E-state index in [4.69, 9.17) is 5.73 Å². The lowest BCUT2D eigenvalue weighted by atomic mass is 9.98. The minimum atomic E-state index is -3.48. The molecule has 1 fully saturated rings. The van der Waals surface area contributed by atoms with Crippen LogP contribution in [0.2, 0.25) is 0 Å². The minimum absolute atomic E-state index is 0. The molecule has 2 rings (SSSR count). The van der Waals surface area contributed by atoms with Gasteiger partial charge in [0.2, 0.25) is 0 Å². The SMILES string of the molecule is CC(CN)(NS(=O)(=O)c1sccc1Br)C1CC1.Cl. The van der Waals surface area contributed by atoms with E-state index in [1.54, 1.807) is 11.4 Å². The number of thiophene rings is 1. The average molecular weight is 376 g/mol. The first-order valence-corrected chi connectivity index (χ1v) is 8.52. The van der Waals surface area contributed by atoms with Crippen molar-refractivity contribution in [2.24, 2.45) is 11.7 Å². The zero-order valence-corrected chi connectivity index (χ0v) is 13.9. The van der Waals surface area contributed by atoms with Gasteiger partial charge in [0.05, 0.1) is 0 Å². The molecular formula is C10H16BrClN2O2S2. The third kappa shape index (κ3) is 3.26. The van der Waals surface area contributed by atoms with E-state index in [1.807, 2.05) is 6.92 Å². The highest BCUT2D eigenvalue weighted by molar-refractivity contribution is 9.10. The van der Waals surface area contributed by atoms with E-state index in [9.17, 15) is 8.42 Å². The van der Waals surface area contributed by atoms with E-state index in [2.05, 4.69) is 20.7 Å². The first-order valence-electron chi connectivity index (χ1n) is 5.36. The van der Waals surface area contributed by atoms with E-state index in [0.29, 0.717) is 21.1 Å². The highest BCUT2D eigenvalue weighted by atomic mass is 79.9. The Bertz CT molecular complexity index is 516. The Morgan fingerprint density at radius 1 is 1.61 bits per heavy atom. The molecule has 3 N–H and O–H groups in total. The van der Waals surface area contributed by atoms with Gasteiger partial charge < -0.3 is 5.73 Å². The van der Waals surface area contributed by atoms with Crippen molar-refractivity contribution in [3.8, 4) is 0 Å². The molecule has 1 aliphatic rings. The molecular weight excluding hydrogens is 360 g/mol. The molecule has 8 heteroatoms. The van der Waals surface area contributed by atoms with Crippen molar-refractivity contribution in [2.75, 3.05) is 6.54 Å². The molecule has 1 heterocycles. The predicted octanol–water partition coefficient (Wildman–Crippen LogP) is 2.34. The van der Waals surface area contributed by atoms with Crippen LogP contribution in [0.25, 0.3) is 0 Å². The van der Waals surface area contributed by atoms with Crippen LogP contribution in [0.1, 0.15) is 19.8 Å². The standard InChI is InChI=1S/C10H15BrN2O2S2.ClH/c1-10(6-12,7-2-3-7)13-17(14,15)9-8(11)4-5-16-9;/h4-5,7,13H,2-3,6,12H2,1H3;1H. The van der Waals surface area contributed by atoms with Crippen LogP contribution >= 0.6 is 39.7 Å². The van der Waals surface area contributed by atoms with Crippen LogP contribution < -0.4 is 10.5 Å². The fourth-order valence-corrected chi connectivity index (χ4v) is 5.65. The molecule has 0 aromatic carbocycles. The fourth-order valence-electron chi connectivity index (χ4n) is 1.84.